The number of nitrogens with zero attached hydrogens (tertiary/aromatic N) is 2. The second-order valence-corrected chi connectivity index (χ2v) is 4.21. The van der Waals surface area contributed by atoms with E-state index < -0.39 is 0 Å². The van der Waals surface area contributed by atoms with Crippen molar-refractivity contribution in [2.45, 2.75) is 26.2 Å². The minimum absolute atomic E-state index is 0.257. The molecule has 0 saturated carbocycles. The van der Waals surface area contributed by atoms with Crippen LogP contribution in [0.3, 0.4) is 0 Å². The smallest absolute Gasteiger partial charge is 0.220 e. The summed E-state index contributed by atoms with van der Waals surface area (Å²) in [6, 6.07) is 8.14. The predicted octanol–water partition coefficient (Wildman–Crippen LogP) is 3.21. The zero-order valence-electron chi connectivity index (χ0n) is 10.4. The second kappa shape index (κ2) is 5.58. The maximum Gasteiger partial charge on any atom is 0.220 e. The summed E-state index contributed by atoms with van der Waals surface area (Å²) in [5.74, 6) is 0.00918. The SMILES string of the molecule is CCCCc1cc(-c2ccc(F)cc2)nc(N)n1. The molecule has 0 saturated heterocycles. The van der Waals surface area contributed by atoms with Crippen LogP contribution in [0.4, 0.5) is 10.3 Å². The number of benzene rings is 1. The fraction of sp³-hybridized carbons (Fsp3) is 0.286. The molecule has 0 radical (unpaired) electrons. The van der Waals surface area contributed by atoms with Gasteiger partial charge in [-0.1, -0.05) is 13.3 Å². The summed E-state index contributed by atoms with van der Waals surface area (Å²) < 4.78 is 12.9. The first kappa shape index (κ1) is 12.5. The molecule has 3 nitrogen and oxygen atoms in total. The van der Waals surface area contributed by atoms with Gasteiger partial charge < -0.3 is 5.73 Å². The molecule has 0 aliphatic carbocycles. The van der Waals surface area contributed by atoms with Gasteiger partial charge in [-0.3, -0.25) is 0 Å². The number of rotatable bonds is 4. The Hall–Kier alpha value is -1.97. The molecular formula is C14H16FN3. The summed E-state index contributed by atoms with van der Waals surface area (Å²) in [5.41, 5.74) is 8.23. The average molecular weight is 245 g/mol. The Morgan fingerprint density at radius 1 is 1.17 bits per heavy atom. The van der Waals surface area contributed by atoms with Crippen molar-refractivity contribution >= 4 is 5.95 Å². The second-order valence-electron chi connectivity index (χ2n) is 4.21. The topological polar surface area (TPSA) is 51.8 Å². The van der Waals surface area contributed by atoms with Crippen molar-refractivity contribution < 1.29 is 4.39 Å². The molecular weight excluding hydrogens is 229 g/mol. The van der Waals surface area contributed by atoms with Gasteiger partial charge in [0, 0.05) is 11.3 Å². The first-order valence-electron chi connectivity index (χ1n) is 6.08. The third kappa shape index (κ3) is 3.03. The minimum atomic E-state index is -0.257. The highest BCUT2D eigenvalue weighted by molar-refractivity contribution is 5.60. The normalized spacial score (nSPS) is 10.6. The van der Waals surface area contributed by atoms with Crippen molar-refractivity contribution in [3.8, 4) is 11.3 Å². The van der Waals surface area contributed by atoms with Gasteiger partial charge in [-0.2, -0.15) is 0 Å². The van der Waals surface area contributed by atoms with E-state index in [-0.39, 0.29) is 11.8 Å². The molecule has 0 bridgehead atoms. The van der Waals surface area contributed by atoms with Crippen LogP contribution in [0.25, 0.3) is 11.3 Å². The lowest BCUT2D eigenvalue weighted by molar-refractivity contribution is 0.628. The van der Waals surface area contributed by atoms with Crippen LogP contribution in [-0.4, -0.2) is 9.97 Å². The summed E-state index contributed by atoms with van der Waals surface area (Å²) in [6.07, 6.45) is 3.06. The van der Waals surface area contributed by atoms with E-state index in [9.17, 15) is 4.39 Å². The fourth-order valence-corrected chi connectivity index (χ4v) is 1.77. The van der Waals surface area contributed by atoms with Gasteiger partial charge >= 0.3 is 0 Å². The van der Waals surface area contributed by atoms with Crippen molar-refractivity contribution in [1.29, 1.82) is 0 Å². The molecule has 0 atom stereocenters. The summed E-state index contributed by atoms with van der Waals surface area (Å²) in [7, 11) is 0. The van der Waals surface area contributed by atoms with Gasteiger partial charge in [0.2, 0.25) is 5.95 Å². The maximum atomic E-state index is 12.9. The van der Waals surface area contributed by atoms with Crippen LogP contribution in [0.15, 0.2) is 30.3 Å². The molecule has 2 N–H and O–H groups in total. The van der Waals surface area contributed by atoms with E-state index in [0.29, 0.717) is 0 Å². The van der Waals surface area contributed by atoms with Crippen LogP contribution in [0.5, 0.6) is 0 Å². The highest BCUT2D eigenvalue weighted by Crippen LogP contribution is 2.19. The quantitative estimate of drug-likeness (QED) is 0.899. The summed E-state index contributed by atoms with van der Waals surface area (Å²) >= 11 is 0. The number of nitrogen functional groups attached to an aromatic ring is 1. The molecule has 0 unspecified atom stereocenters. The Bertz CT molecular complexity index is 523. The average Bonchev–Trinajstić information content (AvgIpc) is 2.36. The largest absolute Gasteiger partial charge is 0.368 e. The molecule has 0 amide bonds. The molecule has 94 valence electrons. The van der Waals surface area contributed by atoms with Crippen molar-refractivity contribution in [3.63, 3.8) is 0 Å². The molecule has 0 aliphatic rings. The molecule has 2 aromatic rings. The molecule has 0 aliphatic heterocycles. The summed E-state index contributed by atoms with van der Waals surface area (Å²) in [5, 5.41) is 0. The molecule has 1 aromatic carbocycles. The van der Waals surface area contributed by atoms with Crippen molar-refractivity contribution in [2.75, 3.05) is 5.73 Å². The van der Waals surface area contributed by atoms with Gasteiger partial charge in [0.25, 0.3) is 0 Å². The molecule has 0 spiro atoms. The Labute approximate surface area is 106 Å². The minimum Gasteiger partial charge on any atom is -0.368 e. The van der Waals surface area contributed by atoms with E-state index in [1.165, 1.54) is 12.1 Å². The third-order valence-electron chi connectivity index (χ3n) is 2.72. The number of unbranched alkanes of at least 4 members (excludes halogenated alkanes) is 1. The van der Waals surface area contributed by atoms with Crippen LogP contribution in [-0.2, 0) is 6.42 Å². The van der Waals surface area contributed by atoms with Gasteiger partial charge in [0.1, 0.15) is 5.82 Å². The first-order valence-corrected chi connectivity index (χ1v) is 6.08. The van der Waals surface area contributed by atoms with Crippen LogP contribution in [0.1, 0.15) is 25.5 Å². The first-order chi connectivity index (χ1) is 8.69. The molecule has 4 heteroatoms. The third-order valence-corrected chi connectivity index (χ3v) is 2.72. The molecule has 1 heterocycles. The summed E-state index contributed by atoms with van der Waals surface area (Å²) in [6.45, 7) is 2.13. The van der Waals surface area contributed by atoms with Gasteiger partial charge in [0.15, 0.2) is 0 Å². The Morgan fingerprint density at radius 3 is 2.56 bits per heavy atom. The van der Waals surface area contributed by atoms with Crippen LogP contribution < -0.4 is 5.73 Å². The Balaban J connectivity index is 2.32. The van der Waals surface area contributed by atoms with E-state index in [4.69, 9.17) is 5.73 Å². The van der Waals surface area contributed by atoms with Crippen LogP contribution in [0.2, 0.25) is 0 Å². The van der Waals surface area contributed by atoms with E-state index >= 15 is 0 Å². The number of aryl methyl sites for hydroxylation is 1. The number of aromatic nitrogens is 2. The van der Waals surface area contributed by atoms with Gasteiger partial charge in [0.05, 0.1) is 5.69 Å². The molecule has 18 heavy (non-hydrogen) atoms. The van der Waals surface area contributed by atoms with Gasteiger partial charge in [-0.15, -0.1) is 0 Å². The van der Waals surface area contributed by atoms with Crippen LogP contribution in [0, 0.1) is 5.82 Å². The van der Waals surface area contributed by atoms with E-state index in [0.717, 1.165) is 36.2 Å². The van der Waals surface area contributed by atoms with E-state index in [1.807, 2.05) is 6.07 Å². The fourth-order valence-electron chi connectivity index (χ4n) is 1.77. The number of hydrogen-bond acceptors (Lipinski definition) is 3. The highest BCUT2D eigenvalue weighted by atomic mass is 19.1. The standard InChI is InChI=1S/C14H16FN3/c1-2-3-4-12-9-13(18-14(16)17-12)10-5-7-11(15)8-6-10/h5-9H,2-4H2,1H3,(H2,16,17,18). The number of anilines is 1. The lowest BCUT2D eigenvalue weighted by atomic mass is 10.1. The lowest BCUT2D eigenvalue weighted by Gasteiger charge is -2.05. The van der Waals surface area contributed by atoms with Crippen molar-refractivity contribution in [3.05, 3.63) is 41.8 Å². The van der Waals surface area contributed by atoms with E-state index in [1.54, 1.807) is 12.1 Å². The van der Waals surface area contributed by atoms with Crippen molar-refractivity contribution in [1.82, 2.24) is 9.97 Å². The highest BCUT2D eigenvalue weighted by Gasteiger charge is 2.05. The molecule has 0 fully saturated rings. The van der Waals surface area contributed by atoms with Crippen molar-refractivity contribution in [2.24, 2.45) is 0 Å². The molecule has 2 rings (SSSR count). The maximum absolute atomic E-state index is 12.9. The monoisotopic (exact) mass is 245 g/mol. The number of nitrogens with two attached hydrogens (primary N) is 1. The number of halogens is 1. The number of hydrogen-bond donors (Lipinski definition) is 1. The zero-order valence-corrected chi connectivity index (χ0v) is 10.4. The predicted molar refractivity (Wildman–Crippen MR) is 70.5 cm³/mol. The van der Waals surface area contributed by atoms with Crippen LogP contribution >= 0.6 is 0 Å². The Morgan fingerprint density at radius 2 is 1.89 bits per heavy atom. The zero-order chi connectivity index (χ0) is 13.0. The molecule has 1 aromatic heterocycles. The lowest BCUT2D eigenvalue weighted by Crippen LogP contribution is -2.01. The Kier molecular flexibility index (Phi) is 3.87. The summed E-state index contributed by atoms with van der Waals surface area (Å²) in [4.78, 5) is 8.39. The van der Waals surface area contributed by atoms with Gasteiger partial charge in [-0.05, 0) is 43.2 Å². The van der Waals surface area contributed by atoms with Gasteiger partial charge in [-0.25, -0.2) is 14.4 Å². The van der Waals surface area contributed by atoms with E-state index in [2.05, 4.69) is 16.9 Å².